The van der Waals surface area contributed by atoms with Gasteiger partial charge in [0, 0.05) is 30.6 Å². The highest BCUT2D eigenvalue weighted by Gasteiger charge is 2.04. The number of carbonyl (C=O) groups excluding carboxylic acids is 1. The summed E-state index contributed by atoms with van der Waals surface area (Å²) < 4.78 is 0. The van der Waals surface area contributed by atoms with Crippen LogP contribution >= 0.6 is 0 Å². The van der Waals surface area contributed by atoms with Gasteiger partial charge in [-0.2, -0.15) is 0 Å². The molecule has 4 nitrogen and oxygen atoms in total. The van der Waals surface area contributed by atoms with Crippen LogP contribution in [0.2, 0.25) is 0 Å². The molecular weight excluding hydrogens is 238 g/mol. The SMILES string of the molecule is CC(C)NC(=O)CCNc1cccc2cccnc12. The smallest absolute Gasteiger partial charge is 0.221 e. The summed E-state index contributed by atoms with van der Waals surface area (Å²) >= 11 is 0. The van der Waals surface area contributed by atoms with Gasteiger partial charge in [-0.25, -0.2) is 0 Å². The third kappa shape index (κ3) is 3.68. The summed E-state index contributed by atoms with van der Waals surface area (Å²) in [6.45, 7) is 4.52. The van der Waals surface area contributed by atoms with Crippen molar-refractivity contribution in [1.29, 1.82) is 0 Å². The highest BCUT2D eigenvalue weighted by atomic mass is 16.1. The average molecular weight is 257 g/mol. The van der Waals surface area contributed by atoms with Gasteiger partial charge in [0.1, 0.15) is 0 Å². The molecule has 0 radical (unpaired) electrons. The van der Waals surface area contributed by atoms with Gasteiger partial charge in [0.15, 0.2) is 0 Å². The van der Waals surface area contributed by atoms with E-state index in [1.807, 2.05) is 44.2 Å². The molecule has 0 fully saturated rings. The van der Waals surface area contributed by atoms with Gasteiger partial charge in [-0.15, -0.1) is 0 Å². The molecule has 2 N–H and O–H groups in total. The van der Waals surface area contributed by atoms with E-state index in [2.05, 4.69) is 15.6 Å². The van der Waals surface area contributed by atoms with Crippen LogP contribution in [0.5, 0.6) is 0 Å². The third-order valence-corrected chi connectivity index (χ3v) is 2.75. The molecule has 0 bridgehead atoms. The molecule has 0 aliphatic carbocycles. The van der Waals surface area contributed by atoms with Crippen LogP contribution in [-0.4, -0.2) is 23.5 Å². The number of carbonyl (C=O) groups is 1. The number of fused-ring (bicyclic) bond motifs is 1. The molecule has 0 unspecified atom stereocenters. The fourth-order valence-corrected chi connectivity index (χ4v) is 1.95. The lowest BCUT2D eigenvalue weighted by atomic mass is 10.2. The summed E-state index contributed by atoms with van der Waals surface area (Å²) in [5, 5.41) is 7.24. The van der Waals surface area contributed by atoms with E-state index >= 15 is 0 Å². The monoisotopic (exact) mass is 257 g/mol. The first-order valence-electron chi connectivity index (χ1n) is 6.54. The number of pyridine rings is 1. The number of hydrogen-bond acceptors (Lipinski definition) is 3. The lowest BCUT2D eigenvalue weighted by molar-refractivity contribution is -0.121. The van der Waals surface area contributed by atoms with E-state index in [1.54, 1.807) is 6.20 Å². The van der Waals surface area contributed by atoms with E-state index in [0.29, 0.717) is 13.0 Å². The Morgan fingerprint density at radius 1 is 1.26 bits per heavy atom. The normalized spacial score (nSPS) is 10.7. The van der Waals surface area contributed by atoms with Crippen LogP contribution in [0.3, 0.4) is 0 Å². The van der Waals surface area contributed by atoms with Crippen molar-refractivity contribution >= 4 is 22.5 Å². The summed E-state index contributed by atoms with van der Waals surface area (Å²) in [7, 11) is 0. The number of rotatable bonds is 5. The molecule has 100 valence electrons. The zero-order valence-electron chi connectivity index (χ0n) is 11.3. The molecule has 2 rings (SSSR count). The van der Waals surface area contributed by atoms with E-state index in [4.69, 9.17) is 0 Å². The predicted octanol–water partition coefficient (Wildman–Crippen LogP) is 2.56. The maximum atomic E-state index is 11.5. The summed E-state index contributed by atoms with van der Waals surface area (Å²) in [6, 6.07) is 10.1. The van der Waals surface area contributed by atoms with Gasteiger partial charge in [-0.05, 0) is 26.0 Å². The molecule has 1 amide bonds. The molecule has 0 saturated carbocycles. The van der Waals surface area contributed by atoms with Crippen LogP contribution in [0, 0.1) is 0 Å². The predicted molar refractivity (Wildman–Crippen MR) is 78.1 cm³/mol. The first kappa shape index (κ1) is 13.3. The molecule has 1 heterocycles. The fraction of sp³-hybridized carbons (Fsp3) is 0.333. The Labute approximate surface area is 113 Å². The number of nitrogens with zero attached hydrogens (tertiary/aromatic N) is 1. The summed E-state index contributed by atoms with van der Waals surface area (Å²) in [6.07, 6.45) is 2.24. The third-order valence-electron chi connectivity index (χ3n) is 2.75. The molecule has 4 heteroatoms. The summed E-state index contributed by atoms with van der Waals surface area (Å²) in [4.78, 5) is 15.9. The molecule has 1 aromatic carbocycles. The lowest BCUT2D eigenvalue weighted by Gasteiger charge is -2.10. The second-order valence-electron chi connectivity index (χ2n) is 4.78. The van der Waals surface area contributed by atoms with Crippen molar-refractivity contribution in [3.63, 3.8) is 0 Å². The Morgan fingerprint density at radius 2 is 2.05 bits per heavy atom. The van der Waals surface area contributed by atoms with Crippen LogP contribution in [0.1, 0.15) is 20.3 Å². The highest BCUT2D eigenvalue weighted by molar-refractivity contribution is 5.90. The topological polar surface area (TPSA) is 54.0 Å². The van der Waals surface area contributed by atoms with Gasteiger partial charge in [-0.1, -0.05) is 18.2 Å². The molecule has 0 atom stereocenters. The minimum atomic E-state index is 0.0655. The summed E-state index contributed by atoms with van der Waals surface area (Å²) in [5.41, 5.74) is 1.91. The zero-order valence-corrected chi connectivity index (χ0v) is 11.3. The molecular formula is C15H19N3O. The van der Waals surface area contributed by atoms with Crippen molar-refractivity contribution in [2.75, 3.05) is 11.9 Å². The van der Waals surface area contributed by atoms with Crippen LogP contribution < -0.4 is 10.6 Å². The van der Waals surface area contributed by atoms with E-state index in [9.17, 15) is 4.79 Å². The van der Waals surface area contributed by atoms with Crippen LogP contribution in [0.25, 0.3) is 10.9 Å². The Hall–Kier alpha value is -2.10. The number of amides is 1. The van der Waals surface area contributed by atoms with Crippen LogP contribution in [-0.2, 0) is 4.79 Å². The molecule has 0 saturated heterocycles. The van der Waals surface area contributed by atoms with Crippen molar-refractivity contribution in [2.24, 2.45) is 0 Å². The van der Waals surface area contributed by atoms with Crippen molar-refractivity contribution < 1.29 is 4.79 Å². The zero-order chi connectivity index (χ0) is 13.7. The number of para-hydroxylation sites is 1. The van der Waals surface area contributed by atoms with Crippen molar-refractivity contribution in [3.8, 4) is 0 Å². The minimum Gasteiger partial charge on any atom is -0.383 e. The largest absolute Gasteiger partial charge is 0.383 e. The lowest BCUT2D eigenvalue weighted by Crippen LogP contribution is -2.31. The molecule has 19 heavy (non-hydrogen) atoms. The number of benzene rings is 1. The second kappa shape index (κ2) is 6.18. The quantitative estimate of drug-likeness (QED) is 0.865. The molecule has 0 spiro atoms. The number of anilines is 1. The number of hydrogen-bond donors (Lipinski definition) is 2. The van der Waals surface area contributed by atoms with Gasteiger partial charge >= 0.3 is 0 Å². The Morgan fingerprint density at radius 3 is 2.84 bits per heavy atom. The first-order valence-corrected chi connectivity index (χ1v) is 6.54. The molecule has 0 aliphatic rings. The minimum absolute atomic E-state index is 0.0655. The van der Waals surface area contributed by atoms with Gasteiger partial charge < -0.3 is 10.6 Å². The maximum Gasteiger partial charge on any atom is 0.221 e. The van der Waals surface area contributed by atoms with E-state index in [-0.39, 0.29) is 11.9 Å². The van der Waals surface area contributed by atoms with Crippen molar-refractivity contribution in [1.82, 2.24) is 10.3 Å². The Balaban J connectivity index is 1.97. The Kier molecular flexibility index (Phi) is 4.34. The van der Waals surface area contributed by atoms with Crippen LogP contribution in [0.15, 0.2) is 36.5 Å². The average Bonchev–Trinajstić information content (AvgIpc) is 2.38. The standard InChI is InChI=1S/C15H19N3O/c1-11(2)18-14(19)8-10-16-13-7-3-5-12-6-4-9-17-15(12)13/h3-7,9,11,16H,8,10H2,1-2H3,(H,18,19). The number of aromatic nitrogens is 1. The van der Waals surface area contributed by atoms with Gasteiger partial charge in [0.05, 0.1) is 11.2 Å². The maximum absolute atomic E-state index is 11.5. The molecule has 0 aliphatic heterocycles. The molecule has 1 aromatic heterocycles. The molecule has 2 aromatic rings. The van der Waals surface area contributed by atoms with Gasteiger partial charge in [0.25, 0.3) is 0 Å². The Bertz CT molecular complexity index is 561. The fourth-order valence-electron chi connectivity index (χ4n) is 1.95. The van der Waals surface area contributed by atoms with Crippen molar-refractivity contribution in [2.45, 2.75) is 26.3 Å². The highest BCUT2D eigenvalue weighted by Crippen LogP contribution is 2.20. The van der Waals surface area contributed by atoms with E-state index in [0.717, 1.165) is 16.6 Å². The van der Waals surface area contributed by atoms with Crippen molar-refractivity contribution in [3.05, 3.63) is 36.5 Å². The van der Waals surface area contributed by atoms with E-state index in [1.165, 1.54) is 0 Å². The first-order chi connectivity index (χ1) is 9.16. The van der Waals surface area contributed by atoms with Gasteiger partial charge in [-0.3, -0.25) is 9.78 Å². The van der Waals surface area contributed by atoms with Crippen LogP contribution in [0.4, 0.5) is 5.69 Å². The second-order valence-corrected chi connectivity index (χ2v) is 4.78. The summed E-state index contributed by atoms with van der Waals surface area (Å²) in [5.74, 6) is 0.0655. The van der Waals surface area contributed by atoms with Gasteiger partial charge in [0.2, 0.25) is 5.91 Å². The van der Waals surface area contributed by atoms with E-state index < -0.39 is 0 Å². The number of nitrogens with one attached hydrogen (secondary N) is 2.